The van der Waals surface area contributed by atoms with Gasteiger partial charge in [0.25, 0.3) is 13.3 Å². The number of rotatable bonds is 6. The standard InChI is InChI=1S/C13H18NO7P/c1-12(18,22(20,21)13(2,19)11(16)17)10(15)14-8-9-6-4-3-5-7-9/h3-7,18-19H,8H2,1-2H3,(H,14,15)(H,16,17)(H,20,21)/t12-,13-/m0/s1. The summed E-state index contributed by atoms with van der Waals surface area (Å²) in [5.41, 5.74) is 0.671. The van der Waals surface area contributed by atoms with Gasteiger partial charge in [-0.3, -0.25) is 9.36 Å². The van der Waals surface area contributed by atoms with E-state index in [1.165, 1.54) is 0 Å². The summed E-state index contributed by atoms with van der Waals surface area (Å²) in [4.78, 5) is 32.7. The Bertz CT molecular complexity index is 612. The Labute approximate surface area is 126 Å². The van der Waals surface area contributed by atoms with Crippen molar-refractivity contribution in [3.05, 3.63) is 35.9 Å². The van der Waals surface area contributed by atoms with Gasteiger partial charge in [-0.05, 0) is 19.4 Å². The van der Waals surface area contributed by atoms with E-state index in [9.17, 15) is 29.3 Å². The maximum atomic E-state index is 12.2. The fourth-order valence-electron chi connectivity index (χ4n) is 1.64. The molecule has 122 valence electrons. The van der Waals surface area contributed by atoms with Gasteiger partial charge in [-0.2, -0.15) is 0 Å². The number of carbonyl (C=O) groups excluding carboxylic acids is 1. The van der Waals surface area contributed by atoms with E-state index >= 15 is 0 Å². The van der Waals surface area contributed by atoms with Crippen molar-refractivity contribution < 1.29 is 34.4 Å². The molecule has 1 amide bonds. The van der Waals surface area contributed by atoms with Gasteiger partial charge >= 0.3 is 5.97 Å². The van der Waals surface area contributed by atoms with E-state index in [4.69, 9.17) is 5.11 Å². The molecule has 0 fully saturated rings. The smallest absolute Gasteiger partial charge is 0.345 e. The van der Waals surface area contributed by atoms with Crippen LogP contribution in [-0.4, -0.2) is 42.8 Å². The summed E-state index contributed by atoms with van der Waals surface area (Å²) in [6.07, 6.45) is 0. The van der Waals surface area contributed by atoms with Crippen molar-refractivity contribution in [3.63, 3.8) is 0 Å². The molecule has 0 aliphatic carbocycles. The van der Waals surface area contributed by atoms with Crippen LogP contribution in [0.3, 0.4) is 0 Å². The minimum atomic E-state index is -5.23. The van der Waals surface area contributed by atoms with Crippen LogP contribution in [0.2, 0.25) is 0 Å². The molecule has 3 atom stereocenters. The predicted molar refractivity (Wildman–Crippen MR) is 77.0 cm³/mol. The van der Waals surface area contributed by atoms with Gasteiger partial charge in [0.05, 0.1) is 0 Å². The van der Waals surface area contributed by atoms with Crippen LogP contribution in [-0.2, 0) is 20.7 Å². The summed E-state index contributed by atoms with van der Waals surface area (Å²) in [6.45, 7) is 1.20. The van der Waals surface area contributed by atoms with Gasteiger partial charge in [-0.1, -0.05) is 30.3 Å². The van der Waals surface area contributed by atoms with E-state index in [1.807, 2.05) is 0 Å². The van der Waals surface area contributed by atoms with Gasteiger partial charge in [0, 0.05) is 6.54 Å². The molecule has 0 aliphatic rings. The molecule has 1 rings (SSSR count). The first-order chi connectivity index (χ1) is 9.94. The summed E-state index contributed by atoms with van der Waals surface area (Å²) >= 11 is 0. The van der Waals surface area contributed by atoms with Gasteiger partial charge in [0.15, 0.2) is 0 Å². The Hall–Kier alpha value is -1.73. The maximum Gasteiger partial charge on any atom is 0.345 e. The van der Waals surface area contributed by atoms with Crippen LogP contribution in [0.4, 0.5) is 0 Å². The minimum Gasteiger partial charge on any atom is -0.479 e. The Morgan fingerprint density at radius 2 is 1.64 bits per heavy atom. The number of hydrogen-bond donors (Lipinski definition) is 5. The lowest BCUT2D eigenvalue weighted by Gasteiger charge is -2.34. The Kier molecular flexibility index (Phi) is 5.14. The van der Waals surface area contributed by atoms with Crippen molar-refractivity contribution in [1.29, 1.82) is 0 Å². The normalized spacial score (nSPS) is 19.3. The van der Waals surface area contributed by atoms with Crippen molar-refractivity contribution in [2.75, 3.05) is 0 Å². The van der Waals surface area contributed by atoms with Crippen molar-refractivity contribution in [1.82, 2.24) is 5.32 Å². The molecule has 1 unspecified atom stereocenters. The largest absolute Gasteiger partial charge is 0.479 e. The van der Waals surface area contributed by atoms with Gasteiger partial charge in [0.1, 0.15) is 0 Å². The van der Waals surface area contributed by atoms with E-state index in [0.717, 1.165) is 0 Å². The quantitative estimate of drug-likeness (QED) is 0.464. The highest BCUT2D eigenvalue weighted by Crippen LogP contribution is 2.62. The van der Waals surface area contributed by atoms with E-state index in [1.54, 1.807) is 30.3 Å². The van der Waals surface area contributed by atoms with Crippen molar-refractivity contribution >= 4 is 19.2 Å². The maximum absolute atomic E-state index is 12.2. The highest BCUT2D eigenvalue weighted by Gasteiger charge is 2.62. The van der Waals surface area contributed by atoms with Crippen molar-refractivity contribution in [3.8, 4) is 0 Å². The van der Waals surface area contributed by atoms with Crippen LogP contribution in [0.5, 0.6) is 0 Å². The number of aliphatic hydroxyl groups is 2. The number of carboxylic acid groups (broad SMARTS) is 1. The SMILES string of the molecule is C[C@@](O)(C(=O)O)P(=O)(O)[C@](C)(O)C(=O)NCc1ccccc1. The monoisotopic (exact) mass is 331 g/mol. The van der Waals surface area contributed by atoms with E-state index in [0.29, 0.717) is 19.4 Å². The second kappa shape index (κ2) is 6.18. The number of amides is 1. The Morgan fingerprint density at radius 3 is 2.09 bits per heavy atom. The third-order valence-electron chi connectivity index (χ3n) is 3.31. The third kappa shape index (κ3) is 3.20. The van der Waals surface area contributed by atoms with Gasteiger partial charge in [-0.15, -0.1) is 0 Å². The summed E-state index contributed by atoms with van der Waals surface area (Å²) in [6, 6.07) is 8.55. The van der Waals surface area contributed by atoms with Gasteiger partial charge in [0.2, 0.25) is 10.7 Å². The molecule has 0 aromatic heterocycles. The molecule has 22 heavy (non-hydrogen) atoms. The molecule has 9 heteroatoms. The number of benzene rings is 1. The molecule has 5 N–H and O–H groups in total. The number of carbonyl (C=O) groups is 2. The predicted octanol–water partition coefficient (Wildman–Crippen LogP) is 0.0748. The number of nitrogens with one attached hydrogen (secondary N) is 1. The molecular weight excluding hydrogens is 313 g/mol. The van der Waals surface area contributed by atoms with E-state index < -0.39 is 29.9 Å². The summed E-state index contributed by atoms with van der Waals surface area (Å²) in [5.74, 6) is -3.28. The fraction of sp³-hybridized carbons (Fsp3) is 0.385. The highest BCUT2D eigenvalue weighted by molar-refractivity contribution is 7.62. The van der Waals surface area contributed by atoms with Crippen molar-refractivity contribution in [2.24, 2.45) is 0 Å². The van der Waals surface area contributed by atoms with Crippen molar-refractivity contribution in [2.45, 2.75) is 31.1 Å². The zero-order valence-corrected chi connectivity index (χ0v) is 12.9. The molecule has 1 aromatic carbocycles. The number of aliphatic carboxylic acids is 1. The second-order valence-corrected chi connectivity index (χ2v) is 7.98. The molecular formula is C13H18NO7P. The van der Waals surface area contributed by atoms with Crippen LogP contribution in [0.25, 0.3) is 0 Å². The van der Waals surface area contributed by atoms with Crippen LogP contribution >= 0.6 is 7.37 Å². The van der Waals surface area contributed by atoms with Gasteiger partial charge < -0.3 is 25.5 Å². The van der Waals surface area contributed by atoms with E-state index in [2.05, 4.69) is 5.32 Å². The number of hydrogen-bond acceptors (Lipinski definition) is 5. The molecule has 0 spiro atoms. The molecule has 8 nitrogen and oxygen atoms in total. The highest BCUT2D eigenvalue weighted by atomic mass is 31.2. The molecule has 0 heterocycles. The lowest BCUT2D eigenvalue weighted by atomic mass is 10.2. The zero-order valence-electron chi connectivity index (χ0n) is 12.1. The molecule has 0 saturated heterocycles. The van der Waals surface area contributed by atoms with Crippen LogP contribution in [0.1, 0.15) is 19.4 Å². The first kappa shape index (κ1) is 18.3. The number of carboxylic acids is 1. The Morgan fingerprint density at radius 1 is 1.14 bits per heavy atom. The molecule has 0 radical (unpaired) electrons. The summed E-state index contributed by atoms with van der Waals surface area (Å²) in [7, 11) is -5.23. The van der Waals surface area contributed by atoms with Crippen LogP contribution in [0, 0.1) is 0 Å². The topological polar surface area (TPSA) is 144 Å². The lowest BCUT2D eigenvalue weighted by Crippen LogP contribution is -2.50. The summed E-state index contributed by atoms with van der Waals surface area (Å²) in [5, 5.41) is 24.6. The average Bonchev–Trinajstić information content (AvgIpc) is 2.45. The van der Waals surface area contributed by atoms with Crippen LogP contribution < -0.4 is 5.32 Å². The van der Waals surface area contributed by atoms with Crippen LogP contribution in [0.15, 0.2) is 30.3 Å². The summed E-state index contributed by atoms with van der Waals surface area (Å²) < 4.78 is 12.2. The molecule has 0 bridgehead atoms. The van der Waals surface area contributed by atoms with Gasteiger partial charge in [-0.25, -0.2) is 4.79 Å². The second-order valence-electron chi connectivity index (χ2n) is 5.09. The molecule has 1 aromatic rings. The van der Waals surface area contributed by atoms with E-state index in [-0.39, 0.29) is 6.54 Å². The first-order valence-electron chi connectivity index (χ1n) is 6.28. The lowest BCUT2D eigenvalue weighted by molar-refractivity contribution is -0.150. The molecule has 0 saturated carbocycles. The fourth-order valence-corrected chi connectivity index (χ4v) is 3.10. The zero-order chi connectivity index (χ0) is 17.2. The first-order valence-corrected chi connectivity index (χ1v) is 7.94. The minimum absolute atomic E-state index is 0.0367. The Balaban J connectivity index is 2.95. The molecule has 0 aliphatic heterocycles. The average molecular weight is 331 g/mol. The third-order valence-corrected chi connectivity index (χ3v) is 6.07.